The van der Waals surface area contributed by atoms with E-state index in [1.54, 1.807) is 6.08 Å². The first kappa shape index (κ1) is 17.0. The van der Waals surface area contributed by atoms with Gasteiger partial charge in [0.25, 0.3) is 5.91 Å². The van der Waals surface area contributed by atoms with Crippen LogP contribution >= 0.6 is 11.3 Å². The lowest BCUT2D eigenvalue weighted by atomic mass is 9.99. The van der Waals surface area contributed by atoms with Crippen molar-refractivity contribution in [3.8, 4) is 6.07 Å². The Balaban J connectivity index is 2.20. The van der Waals surface area contributed by atoms with Crippen LogP contribution in [0.1, 0.15) is 40.1 Å². The van der Waals surface area contributed by atoms with Crippen molar-refractivity contribution >= 4 is 23.3 Å². The number of rotatable bonds is 4. The average molecular weight is 324 g/mol. The number of nitrogens with one attached hydrogen (secondary N) is 1. The number of nitrogens with zero attached hydrogens (tertiary/aromatic N) is 1. The first-order valence-corrected chi connectivity index (χ1v) is 8.34. The van der Waals surface area contributed by atoms with Crippen LogP contribution in [0.5, 0.6) is 0 Å². The first-order valence-electron chi connectivity index (χ1n) is 7.46. The number of hydrogen-bond acceptors (Lipinski definition) is 3. The van der Waals surface area contributed by atoms with Crippen molar-refractivity contribution in [2.24, 2.45) is 0 Å². The van der Waals surface area contributed by atoms with Crippen LogP contribution in [-0.2, 0) is 4.79 Å². The molecule has 1 aromatic carbocycles. The second-order valence-corrected chi connectivity index (χ2v) is 6.64. The maximum atomic E-state index is 12.4. The summed E-state index contributed by atoms with van der Waals surface area (Å²) in [7, 11) is 0. The molecule has 118 valence electrons. The second kappa shape index (κ2) is 7.26. The van der Waals surface area contributed by atoms with E-state index in [1.807, 2.05) is 57.3 Å². The lowest BCUT2D eigenvalue weighted by molar-refractivity contribution is -0.117. The van der Waals surface area contributed by atoms with Crippen LogP contribution in [0.3, 0.4) is 0 Å². The average Bonchev–Trinajstić information content (AvgIpc) is 2.92. The van der Waals surface area contributed by atoms with Crippen molar-refractivity contribution in [2.45, 2.75) is 33.7 Å². The molecule has 4 heteroatoms. The number of nitriles is 1. The molecule has 23 heavy (non-hydrogen) atoms. The minimum atomic E-state index is -0.339. The predicted octanol–water partition coefficient (Wildman–Crippen LogP) is 4.46. The Kier molecular flexibility index (Phi) is 5.36. The number of carbonyl (C=O) groups excluding carboxylic acids is 1. The first-order chi connectivity index (χ1) is 10.9. The molecule has 0 saturated carbocycles. The minimum Gasteiger partial charge on any atom is -0.345 e. The third kappa shape index (κ3) is 4.08. The molecule has 1 atom stereocenters. The second-order valence-electron chi connectivity index (χ2n) is 5.69. The Morgan fingerprint density at radius 2 is 2.00 bits per heavy atom. The molecule has 0 radical (unpaired) electrons. The summed E-state index contributed by atoms with van der Waals surface area (Å²) in [5.41, 5.74) is 4.55. The van der Waals surface area contributed by atoms with Gasteiger partial charge in [0.1, 0.15) is 11.6 Å². The summed E-state index contributed by atoms with van der Waals surface area (Å²) in [6.45, 7) is 7.95. The van der Waals surface area contributed by atoms with Crippen LogP contribution < -0.4 is 5.32 Å². The van der Waals surface area contributed by atoms with Crippen LogP contribution in [0.25, 0.3) is 6.08 Å². The van der Waals surface area contributed by atoms with E-state index in [2.05, 4.69) is 11.4 Å². The number of hydrogen-bond donors (Lipinski definition) is 1. The topological polar surface area (TPSA) is 52.9 Å². The maximum absolute atomic E-state index is 12.4. The SMILES string of the molecule is Cc1ccc(C)c(C(C)NC(=O)/C(C#N)=C/c2sccc2C)c1. The standard InChI is InChI=1S/C19H20N2OS/c1-12-5-6-13(2)17(9-12)15(4)21-19(22)16(11-20)10-18-14(3)7-8-23-18/h5-10,15H,1-4H3,(H,21,22)/b16-10+. The Hall–Kier alpha value is -2.38. The predicted molar refractivity (Wildman–Crippen MR) is 95.1 cm³/mol. The molecule has 1 unspecified atom stereocenters. The number of benzene rings is 1. The quantitative estimate of drug-likeness (QED) is 0.667. The van der Waals surface area contributed by atoms with Crippen molar-refractivity contribution in [2.75, 3.05) is 0 Å². The summed E-state index contributed by atoms with van der Waals surface area (Å²) in [6, 6.07) is 9.99. The fourth-order valence-corrected chi connectivity index (χ4v) is 3.25. The smallest absolute Gasteiger partial charge is 0.262 e. The highest BCUT2D eigenvalue weighted by atomic mass is 32.1. The van der Waals surface area contributed by atoms with E-state index in [1.165, 1.54) is 11.3 Å². The molecule has 0 fully saturated rings. The minimum absolute atomic E-state index is 0.132. The Bertz CT molecular complexity index is 796. The number of carbonyl (C=O) groups is 1. The molecular weight excluding hydrogens is 304 g/mol. The van der Waals surface area contributed by atoms with Crippen LogP contribution in [0.4, 0.5) is 0 Å². The molecule has 1 aromatic heterocycles. The summed E-state index contributed by atoms with van der Waals surface area (Å²) in [5.74, 6) is -0.339. The van der Waals surface area contributed by atoms with Crippen molar-refractivity contribution in [3.05, 3.63) is 62.3 Å². The Labute approximate surface area is 141 Å². The molecule has 3 nitrogen and oxygen atoms in total. The van der Waals surface area contributed by atoms with E-state index in [0.29, 0.717) is 0 Å². The highest BCUT2D eigenvalue weighted by molar-refractivity contribution is 7.11. The molecule has 2 aromatic rings. The molecule has 2 rings (SSSR count). The fraction of sp³-hybridized carbons (Fsp3) is 0.263. The van der Waals surface area contributed by atoms with Gasteiger partial charge in [-0.15, -0.1) is 11.3 Å². The van der Waals surface area contributed by atoms with Gasteiger partial charge >= 0.3 is 0 Å². The molecule has 1 amide bonds. The summed E-state index contributed by atoms with van der Waals surface area (Å²) >= 11 is 1.52. The zero-order valence-corrected chi connectivity index (χ0v) is 14.6. The molecule has 0 aliphatic carbocycles. The zero-order chi connectivity index (χ0) is 17.0. The van der Waals surface area contributed by atoms with Gasteiger partial charge in [0.2, 0.25) is 0 Å². The third-order valence-electron chi connectivity index (χ3n) is 3.79. The number of aryl methyl sites for hydroxylation is 3. The van der Waals surface area contributed by atoms with Crippen LogP contribution in [0.15, 0.2) is 35.2 Å². The van der Waals surface area contributed by atoms with Crippen molar-refractivity contribution in [3.63, 3.8) is 0 Å². The molecule has 0 aliphatic heterocycles. The lowest BCUT2D eigenvalue weighted by Gasteiger charge is -2.17. The fourth-order valence-electron chi connectivity index (χ4n) is 2.39. The molecule has 1 heterocycles. The monoisotopic (exact) mass is 324 g/mol. The van der Waals surface area contributed by atoms with E-state index in [4.69, 9.17) is 0 Å². The summed E-state index contributed by atoms with van der Waals surface area (Å²) < 4.78 is 0. The Morgan fingerprint density at radius 1 is 1.26 bits per heavy atom. The molecule has 0 aliphatic rings. The van der Waals surface area contributed by atoms with Gasteiger partial charge in [-0.25, -0.2) is 0 Å². The van der Waals surface area contributed by atoms with Gasteiger partial charge in [-0.1, -0.05) is 23.8 Å². The van der Waals surface area contributed by atoms with E-state index in [9.17, 15) is 10.1 Å². The van der Waals surface area contributed by atoms with Crippen LogP contribution in [0.2, 0.25) is 0 Å². The van der Waals surface area contributed by atoms with Crippen molar-refractivity contribution < 1.29 is 4.79 Å². The lowest BCUT2D eigenvalue weighted by Crippen LogP contribution is -2.28. The third-order valence-corrected chi connectivity index (χ3v) is 4.76. The van der Waals surface area contributed by atoms with E-state index < -0.39 is 0 Å². The number of amides is 1. The van der Waals surface area contributed by atoms with Crippen LogP contribution in [-0.4, -0.2) is 5.91 Å². The van der Waals surface area contributed by atoms with Gasteiger partial charge in [0.05, 0.1) is 6.04 Å². The van der Waals surface area contributed by atoms with E-state index in [0.717, 1.165) is 27.1 Å². The van der Waals surface area contributed by atoms with Gasteiger partial charge in [0, 0.05) is 4.88 Å². The highest BCUT2D eigenvalue weighted by Gasteiger charge is 2.16. The van der Waals surface area contributed by atoms with Crippen LogP contribution in [0, 0.1) is 32.1 Å². The zero-order valence-electron chi connectivity index (χ0n) is 13.8. The molecular formula is C19H20N2OS. The van der Waals surface area contributed by atoms with Gasteiger partial charge in [-0.05, 0) is 61.9 Å². The van der Waals surface area contributed by atoms with Gasteiger partial charge in [-0.2, -0.15) is 5.26 Å². The molecule has 0 saturated heterocycles. The molecule has 0 bridgehead atoms. The summed E-state index contributed by atoms with van der Waals surface area (Å²) in [5, 5.41) is 14.2. The van der Waals surface area contributed by atoms with Crippen molar-refractivity contribution in [1.29, 1.82) is 5.26 Å². The number of thiophene rings is 1. The largest absolute Gasteiger partial charge is 0.345 e. The van der Waals surface area contributed by atoms with Gasteiger partial charge in [-0.3, -0.25) is 4.79 Å². The highest BCUT2D eigenvalue weighted by Crippen LogP contribution is 2.21. The molecule has 0 spiro atoms. The van der Waals surface area contributed by atoms with Gasteiger partial charge in [0.15, 0.2) is 0 Å². The summed E-state index contributed by atoms with van der Waals surface area (Å²) in [6.07, 6.45) is 1.66. The van der Waals surface area contributed by atoms with E-state index in [-0.39, 0.29) is 17.5 Å². The van der Waals surface area contributed by atoms with Gasteiger partial charge < -0.3 is 5.32 Å². The molecule has 1 N–H and O–H groups in total. The maximum Gasteiger partial charge on any atom is 0.262 e. The normalized spacial score (nSPS) is 12.6. The Morgan fingerprint density at radius 3 is 2.61 bits per heavy atom. The van der Waals surface area contributed by atoms with Crippen molar-refractivity contribution in [1.82, 2.24) is 5.32 Å². The summed E-state index contributed by atoms with van der Waals surface area (Å²) in [4.78, 5) is 13.3. The van der Waals surface area contributed by atoms with E-state index >= 15 is 0 Å².